The van der Waals surface area contributed by atoms with Gasteiger partial charge in [-0.05, 0) is 18.2 Å². The number of nitrogens with zero attached hydrogens (tertiary/aromatic N) is 2. The van der Waals surface area contributed by atoms with E-state index < -0.39 is 28.1 Å². The lowest BCUT2D eigenvalue weighted by Crippen LogP contribution is -2.17. The monoisotopic (exact) mass is 333 g/mol. The summed E-state index contributed by atoms with van der Waals surface area (Å²) in [5, 5.41) is 51.6. The Morgan fingerprint density at radius 2 is 1.71 bits per heavy atom. The second-order valence-corrected chi connectivity index (χ2v) is 4.56. The highest BCUT2D eigenvalue weighted by Crippen LogP contribution is 2.35. The largest absolute Gasteiger partial charge is 0.507 e. The van der Waals surface area contributed by atoms with Gasteiger partial charge in [0.05, 0.1) is 11.1 Å². The van der Waals surface area contributed by atoms with Gasteiger partial charge in [-0.25, -0.2) is 5.43 Å². The highest BCUT2D eigenvalue weighted by Gasteiger charge is 2.13. The van der Waals surface area contributed by atoms with E-state index >= 15 is 0 Å². The highest BCUT2D eigenvalue weighted by atomic mass is 16.6. The second-order valence-electron chi connectivity index (χ2n) is 4.56. The Labute approximate surface area is 134 Å². The molecule has 0 aliphatic heterocycles. The number of nitrogens with one attached hydrogen (secondary N) is 1. The third-order valence-corrected chi connectivity index (χ3v) is 2.92. The van der Waals surface area contributed by atoms with Crippen LogP contribution < -0.4 is 5.43 Å². The molecule has 2 aromatic rings. The normalized spacial score (nSPS) is 10.7. The van der Waals surface area contributed by atoms with Crippen LogP contribution in [0.3, 0.4) is 0 Å². The first-order valence-electron chi connectivity index (χ1n) is 6.35. The maximum Gasteiger partial charge on any atom is 0.271 e. The van der Waals surface area contributed by atoms with E-state index in [4.69, 9.17) is 0 Å². The van der Waals surface area contributed by atoms with Crippen molar-refractivity contribution in [1.82, 2.24) is 5.43 Å². The summed E-state index contributed by atoms with van der Waals surface area (Å²) in [6.45, 7) is 0. The maximum atomic E-state index is 11.8. The molecule has 0 aliphatic carbocycles. The molecule has 0 aliphatic rings. The van der Waals surface area contributed by atoms with Crippen LogP contribution >= 0.6 is 0 Å². The molecular weight excluding hydrogens is 322 g/mol. The molecule has 24 heavy (non-hydrogen) atoms. The first-order chi connectivity index (χ1) is 11.3. The molecule has 0 saturated heterocycles. The number of aromatic hydroxyl groups is 4. The Balaban J connectivity index is 2.16. The smallest absolute Gasteiger partial charge is 0.271 e. The van der Waals surface area contributed by atoms with Crippen molar-refractivity contribution in [2.75, 3.05) is 0 Å². The molecule has 0 fully saturated rings. The number of phenols is 4. The number of nitro groups is 1. The van der Waals surface area contributed by atoms with Gasteiger partial charge in [-0.15, -0.1) is 0 Å². The van der Waals surface area contributed by atoms with E-state index in [9.17, 15) is 35.3 Å². The topological polar surface area (TPSA) is 166 Å². The number of benzene rings is 2. The van der Waals surface area contributed by atoms with Crippen molar-refractivity contribution >= 4 is 17.8 Å². The highest BCUT2D eigenvalue weighted by molar-refractivity contribution is 5.96. The number of hydrogen-bond acceptors (Lipinski definition) is 8. The molecule has 0 saturated carbocycles. The van der Waals surface area contributed by atoms with Gasteiger partial charge in [-0.2, -0.15) is 5.10 Å². The third kappa shape index (κ3) is 3.50. The third-order valence-electron chi connectivity index (χ3n) is 2.92. The molecule has 124 valence electrons. The second kappa shape index (κ2) is 6.52. The zero-order valence-electron chi connectivity index (χ0n) is 11.9. The molecular formula is C14H11N3O7. The number of amides is 1. The number of nitro benzene ring substituents is 1. The van der Waals surface area contributed by atoms with E-state index in [1.807, 2.05) is 5.43 Å². The van der Waals surface area contributed by atoms with Crippen LogP contribution in [0, 0.1) is 10.1 Å². The Kier molecular flexibility index (Phi) is 4.50. The van der Waals surface area contributed by atoms with E-state index in [1.165, 1.54) is 0 Å². The van der Waals surface area contributed by atoms with Gasteiger partial charge < -0.3 is 20.4 Å². The first-order valence-corrected chi connectivity index (χ1v) is 6.35. The van der Waals surface area contributed by atoms with Gasteiger partial charge in [-0.1, -0.05) is 0 Å². The van der Waals surface area contributed by atoms with Gasteiger partial charge in [0.25, 0.3) is 11.6 Å². The fourth-order valence-corrected chi connectivity index (χ4v) is 1.72. The first kappa shape index (κ1) is 16.5. The molecule has 0 aromatic heterocycles. The molecule has 0 unspecified atom stereocenters. The van der Waals surface area contributed by atoms with Gasteiger partial charge in [0, 0.05) is 23.3 Å². The van der Waals surface area contributed by atoms with Gasteiger partial charge in [0.1, 0.15) is 5.75 Å². The lowest BCUT2D eigenvalue weighted by Gasteiger charge is -2.04. The van der Waals surface area contributed by atoms with Crippen molar-refractivity contribution in [2.45, 2.75) is 0 Å². The minimum absolute atomic E-state index is 0.000834. The van der Waals surface area contributed by atoms with Crippen molar-refractivity contribution in [3.63, 3.8) is 0 Å². The molecule has 1 amide bonds. The van der Waals surface area contributed by atoms with Crippen LogP contribution in [0.25, 0.3) is 0 Å². The quantitative estimate of drug-likeness (QED) is 0.242. The van der Waals surface area contributed by atoms with E-state index in [-0.39, 0.29) is 22.6 Å². The lowest BCUT2D eigenvalue weighted by atomic mass is 10.2. The SMILES string of the molecule is O=C(N/N=C/c1cc([N+](=O)[O-])ccc1O)c1cc(O)c(O)c(O)c1. The molecule has 0 heterocycles. The van der Waals surface area contributed by atoms with Crippen LogP contribution in [0.5, 0.6) is 23.0 Å². The minimum atomic E-state index is -0.832. The molecule has 0 atom stereocenters. The summed E-state index contributed by atoms with van der Waals surface area (Å²) < 4.78 is 0. The number of hydrogen-bond donors (Lipinski definition) is 5. The summed E-state index contributed by atoms with van der Waals surface area (Å²) in [6.07, 6.45) is 0.986. The van der Waals surface area contributed by atoms with Gasteiger partial charge in [0.15, 0.2) is 17.2 Å². The van der Waals surface area contributed by atoms with Crippen LogP contribution in [0.4, 0.5) is 5.69 Å². The van der Waals surface area contributed by atoms with Crippen molar-refractivity contribution < 1.29 is 30.1 Å². The standard InChI is InChI=1S/C14H11N3O7/c18-10-2-1-9(17(23)24)3-8(10)6-15-16-14(22)7-4-11(19)13(21)12(20)5-7/h1-6,18-21H,(H,16,22)/b15-6+. The lowest BCUT2D eigenvalue weighted by molar-refractivity contribution is -0.384. The molecule has 5 N–H and O–H groups in total. The zero-order valence-corrected chi connectivity index (χ0v) is 11.9. The molecule has 10 heteroatoms. The average molecular weight is 333 g/mol. The molecule has 2 aromatic carbocycles. The Morgan fingerprint density at radius 1 is 1.08 bits per heavy atom. The summed E-state index contributed by atoms with van der Waals surface area (Å²) >= 11 is 0. The minimum Gasteiger partial charge on any atom is -0.507 e. The number of rotatable bonds is 4. The molecule has 10 nitrogen and oxygen atoms in total. The summed E-state index contributed by atoms with van der Waals surface area (Å²) in [7, 11) is 0. The van der Waals surface area contributed by atoms with Crippen LogP contribution in [0.15, 0.2) is 35.4 Å². The summed E-state index contributed by atoms with van der Waals surface area (Å²) in [5.41, 5.74) is 1.58. The Bertz CT molecular complexity index is 825. The fraction of sp³-hybridized carbons (Fsp3) is 0. The number of carbonyl (C=O) groups excluding carboxylic acids is 1. The molecule has 0 radical (unpaired) electrons. The molecule has 0 bridgehead atoms. The number of hydrazone groups is 1. The fourth-order valence-electron chi connectivity index (χ4n) is 1.72. The van der Waals surface area contributed by atoms with Crippen LogP contribution in [-0.2, 0) is 0 Å². The summed E-state index contributed by atoms with van der Waals surface area (Å²) in [4.78, 5) is 21.8. The predicted octanol–water partition coefficient (Wildman–Crippen LogP) is 1.18. The zero-order chi connectivity index (χ0) is 17.9. The number of non-ortho nitro benzene ring substituents is 1. The van der Waals surface area contributed by atoms with Crippen LogP contribution in [0.2, 0.25) is 0 Å². The average Bonchev–Trinajstić information content (AvgIpc) is 2.53. The van der Waals surface area contributed by atoms with E-state index in [0.29, 0.717) is 0 Å². The van der Waals surface area contributed by atoms with Crippen molar-refractivity contribution in [1.29, 1.82) is 0 Å². The van der Waals surface area contributed by atoms with Gasteiger partial charge >= 0.3 is 0 Å². The van der Waals surface area contributed by atoms with Crippen molar-refractivity contribution in [2.24, 2.45) is 5.10 Å². The van der Waals surface area contributed by atoms with Crippen molar-refractivity contribution in [3.05, 3.63) is 51.6 Å². The van der Waals surface area contributed by atoms with Crippen molar-refractivity contribution in [3.8, 4) is 23.0 Å². The molecule has 0 spiro atoms. The Morgan fingerprint density at radius 3 is 2.29 bits per heavy atom. The van der Waals surface area contributed by atoms with E-state index in [1.54, 1.807) is 0 Å². The van der Waals surface area contributed by atoms with E-state index in [2.05, 4.69) is 5.10 Å². The van der Waals surface area contributed by atoms with Crippen LogP contribution in [0.1, 0.15) is 15.9 Å². The van der Waals surface area contributed by atoms with Gasteiger partial charge in [0.2, 0.25) is 0 Å². The Hall–Kier alpha value is -3.82. The maximum absolute atomic E-state index is 11.8. The number of carbonyl (C=O) groups is 1. The summed E-state index contributed by atoms with van der Waals surface area (Å²) in [5.74, 6) is -3.27. The molecule has 2 rings (SSSR count). The van der Waals surface area contributed by atoms with E-state index in [0.717, 1.165) is 36.5 Å². The summed E-state index contributed by atoms with van der Waals surface area (Å²) in [6, 6.07) is 5.09. The van der Waals surface area contributed by atoms with Crippen LogP contribution in [-0.4, -0.2) is 37.5 Å². The van der Waals surface area contributed by atoms with Gasteiger partial charge in [-0.3, -0.25) is 14.9 Å². The predicted molar refractivity (Wildman–Crippen MR) is 81.3 cm³/mol. The number of phenolic OH excluding ortho intramolecular Hbond substituents is 4.